The van der Waals surface area contributed by atoms with Crippen molar-refractivity contribution < 1.29 is 74.0 Å². The highest BCUT2D eigenvalue weighted by molar-refractivity contribution is 5.76. The topological polar surface area (TPSA) is 184 Å². The molecule has 0 aromatic carbocycles. The maximum absolute atomic E-state index is 10.6. The minimum atomic E-state index is -5.08. The second-order valence-corrected chi connectivity index (χ2v) is 5.16. The summed E-state index contributed by atoms with van der Waals surface area (Å²) in [5.41, 5.74) is 10.6. The van der Waals surface area contributed by atoms with Crippen LogP contribution in [-0.4, -0.2) is 88.2 Å². The lowest BCUT2D eigenvalue weighted by Crippen LogP contribution is -2.34. The van der Waals surface area contributed by atoms with E-state index in [1.165, 1.54) is 0 Å². The smallest absolute Gasteiger partial charge is 0.475 e. The van der Waals surface area contributed by atoms with Crippen LogP contribution in [0.2, 0.25) is 0 Å². The fourth-order valence-electron chi connectivity index (χ4n) is 1.23. The predicted octanol–water partition coefficient (Wildman–Crippen LogP) is 0.405. The van der Waals surface area contributed by atoms with Crippen molar-refractivity contribution >= 4 is 23.8 Å². The second-order valence-electron chi connectivity index (χ2n) is 5.16. The van der Waals surface area contributed by atoms with E-state index >= 15 is 0 Å². The molecule has 1 amide bonds. The Morgan fingerprint density at radius 2 is 1.03 bits per heavy atom. The number of nitrogens with two attached hydrogens (primary N) is 2. The number of alkyl halides is 9. The molecule has 1 atom stereocenters. The molecule has 1 rings (SSSR count). The van der Waals surface area contributed by atoms with Crippen LogP contribution in [0.25, 0.3) is 0 Å². The summed E-state index contributed by atoms with van der Waals surface area (Å²) in [6.45, 7) is 2.07. The first kappa shape index (κ1) is 32.8. The number of carboxylic acid groups (broad SMARTS) is 3. The summed E-state index contributed by atoms with van der Waals surface area (Å²) < 4.78 is 95.2. The third-order valence-electron chi connectivity index (χ3n) is 2.42. The number of amides is 1. The summed E-state index contributed by atoms with van der Waals surface area (Å²) in [5, 5.41) is 21.4. The Labute approximate surface area is 166 Å². The van der Waals surface area contributed by atoms with E-state index in [0.717, 1.165) is 19.5 Å². The van der Waals surface area contributed by atoms with Crippen LogP contribution in [-0.2, 0) is 19.2 Å². The van der Waals surface area contributed by atoms with Crippen LogP contribution in [0.1, 0.15) is 6.42 Å². The van der Waals surface area contributed by atoms with E-state index in [1.807, 2.05) is 4.90 Å². The fraction of sp³-hybridized carbons (Fsp3) is 0.667. The van der Waals surface area contributed by atoms with Crippen LogP contribution in [0.3, 0.4) is 0 Å². The average Bonchev–Trinajstić information content (AvgIpc) is 2.90. The van der Waals surface area contributed by atoms with Crippen LogP contribution in [0.5, 0.6) is 0 Å². The van der Waals surface area contributed by atoms with Crippen molar-refractivity contribution in [3.8, 4) is 0 Å². The van der Waals surface area contributed by atoms with Gasteiger partial charge in [-0.25, -0.2) is 14.4 Å². The molecule has 1 saturated heterocycles. The number of likely N-dealkylation sites (tertiary alicyclic amines) is 1. The van der Waals surface area contributed by atoms with Gasteiger partial charge in [-0.05, 0) is 6.42 Å². The van der Waals surface area contributed by atoms with Gasteiger partial charge in [0.05, 0.1) is 6.54 Å². The van der Waals surface area contributed by atoms with Crippen LogP contribution in [0.15, 0.2) is 0 Å². The van der Waals surface area contributed by atoms with Gasteiger partial charge in [-0.3, -0.25) is 9.69 Å². The number of aliphatic carboxylic acids is 3. The predicted molar refractivity (Wildman–Crippen MR) is 79.3 cm³/mol. The van der Waals surface area contributed by atoms with Gasteiger partial charge in [0, 0.05) is 19.1 Å². The summed E-state index contributed by atoms with van der Waals surface area (Å²) in [6, 6.07) is 0.236. The van der Waals surface area contributed by atoms with Crippen molar-refractivity contribution in [2.24, 2.45) is 11.5 Å². The Morgan fingerprint density at radius 1 is 0.774 bits per heavy atom. The molecule has 0 aromatic rings. The molecule has 0 saturated carbocycles. The SMILES string of the molecule is NC(=O)CN1CCC(N)C1.O=C(O)C(F)(F)F.O=C(O)C(F)(F)F.O=C(O)C(F)(F)F. The first-order valence-electron chi connectivity index (χ1n) is 7.18. The van der Waals surface area contributed by atoms with Crippen molar-refractivity contribution in [1.29, 1.82) is 0 Å². The Morgan fingerprint density at radius 3 is 1.16 bits per heavy atom. The molecular formula is C12H16F9N3O7. The molecule has 31 heavy (non-hydrogen) atoms. The van der Waals surface area contributed by atoms with Gasteiger partial charge in [-0.2, -0.15) is 39.5 Å². The summed E-state index contributed by atoms with van der Waals surface area (Å²) in [6.07, 6.45) is -14.3. The van der Waals surface area contributed by atoms with E-state index < -0.39 is 36.4 Å². The quantitative estimate of drug-likeness (QED) is 0.346. The molecule has 0 bridgehead atoms. The van der Waals surface area contributed by atoms with Gasteiger partial charge in [-0.15, -0.1) is 0 Å². The molecule has 0 aromatic heterocycles. The van der Waals surface area contributed by atoms with Crippen molar-refractivity contribution in [2.45, 2.75) is 31.0 Å². The molecule has 1 aliphatic heterocycles. The second kappa shape index (κ2) is 13.5. The van der Waals surface area contributed by atoms with Crippen molar-refractivity contribution in [3.63, 3.8) is 0 Å². The van der Waals surface area contributed by atoms with E-state index in [0.29, 0.717) is 6.54 Å². The molecule has 1 fully saturated rings. The molecule has 10 nitrogen and oxygen atoms in total. The zero-order valence-corrected chi connectivity index (χ0v) is 14.9. The molecule has 1 unspecified atom stereocenters. The monoisotopic (exact) mass is 485 g/mol. The minimum Gasteiger partial charge on any atom is -0.475 e. The first-order chi connectivity index (χ1) is 13.5. The third-order valence-corrected chi connectivity index (χ3v) is 2.42. The van der Waals surface area contributed by atoms with Gasteiger partial charge in [0.15, 0.2) is 0 Å². The lowest BCUT2D eigenvalue weighted by molar-refractivity contribution is -0.193. The molecule has 7 N–H and O–H groups in total. The zero-order valence-electron chi connectivity index (χ0n) is 14.9. The van der Waals surface area contributed by atoms with E-state index in [4.69, 9.17) is 41.2 Å². The normalized spacial score (nSPS) is 16.4. The molecule has 0 radical (unpaired) electrons. The number of hydrogen-bond acceptors (Lipinski definition) is 6. The number of carbonyl (C=O) groups excluding carboxylic acids is 1. The van der Waals surface area contributed by atoms with Gasteiger partial charge in [0.25, 0.3) is 0 Å². The first-order valence-corrected chi connectivity index (χ1v) is 7.18. The molecule has 184 valence electrons. The summed E-state index contributed by atoms with van der Waals surface area (Å²) in [5.74, 6) is -8.54. The summed E-state index contributed by atoms with van der Waals surface area (Å²) in [7, 11) is 0. The maximum atomic E-state index is 10.6. The van der Waals surface area contributed by atoms with Crippen molar-refractivity contribution in [3.05, 3.63) is 0 Å². The maximum Gasteiger partial charge on any atom is 0.490 e. The standard InChI is InChI=1S/C6H13N3O.3C2HF3O2/c7-5-1-2-9(3-5)4-6(8)10;3*3-2(4,5)1(6)7/h5H,1-4,7H2,(H2,8,10);3*(H,6,7). The lowest BCUT2D eigenvalue weighted by atomic mass is 10.3. The van der Waals surface area contributed by atoms with Crippen LogP contribution in [0.4, 0.5) is 39.5 Å². The van der Waals surface area contributed by atoms with E-state index in [1.54, 1.807) is 0 Å². The molecule has 1 heterocycles. The van der Waals surface area contributed by atoms with Crippen LogP contribution < -0.4 is 11.5 Å². The highest BCUT2D eigenvalue weighted by Crippen LogP contribution is 2.14. The Bertz CT molecular complexity index is 549. The van der Waals surface area contributed by atoms with Crippen LogP contribution in [0, 0.1) is 0 Å². The Kier molecular flexibility index (Phi) is 14.3. The van der Waals surface area contributed by atoms with Gasteiger partial charge >= 0.3 is 36.4 Å². The number of halogens is 9. The molecule has 0 spiro atoms. The number of nitrogens with zero attached hydrogens (tertiary/aromatic N) is 1. The highest BCUT2D eigenvalue weighted by atomic mass is 19.4. The Balaban J connectivity index is -0.000000343. The van der Waals surface area contributed by atoms with E-state index in [-0.39, 0.29) is 11.9 Å². The van der Waals surface area contributed by atoms with Crippen molar-refractivity contribution in [2.75, 3.05) is 19.6 Å². The van der Waals surface area contributed by atoms with E-state index in [9.17, 15) is 44.3 Å². The Hall–Kier alpha value is -2.83. The number of rotatable bonds is 2. The molecule has 1 aliphatic rings. The largest absolute Gasteiger partial charge is 0.490 e. The van der Waals surface area contributed by atoms with Gasteiger partial charge < -0.3 is 26.8 Å². The molecule has 0 aliphatic carbocycles. The van der Waals surface area contributed by atoms with Gasteiger partial charge in [0.2, 0.25) is 5.91 Å². The van der Waals surface area contributed by atoms with E-state index in [2.05, 4.69) is 0 Å². The highest BCUT2D eigenvalue weighted by Gasteiger charge is 2.39. The number of carboxylic acids is 3. The number of primary amides is 1. The molecule has 19 heteroatoms. The van der Waals surface area contributed by atoms with Gasteiger partial charge in [0.1, 0.15) is 0 Å². The summed E-state index contributed by atoms with van der Waals surface area (Å²) in [4.78, 5) is 39.1. The van der Waals surface area contributed by atoms with Crippen LogP contribution >= 0.6 is 0 Å². The summed E-state index contributed by atoms with van der Waals surface area (Å²) >= 11 is 0. The van der Waals surface area contributed by atoms with Gasteiger partial charge in [-0.1, -0.05) is 0 Å². The average molecular weight is 485 g/mol. The zero-order chi connectivity index (χ0) is 25.8. The third kappa shape index (κ3) is 21.7. The minimum absolute atomic E-state index is 0.236. The lowest BCUT2D eigenvalue weighted by Gasteiger charge is -2.11. The van der Waals surface area contributed by atoms with Crippen molar-refractivity contribution in [1.82, 2.24) is 4.90 Å². The number of hydrogen-bond donors (Lipinski definition) is 5. The molecular weight excluding hydrogens is 469 g/mol. The number of carbonyl (C=O) groups is 4. The fourth-order valence-corrected chi connectivity index (χ4v) is 1.23.